The smallest absolute Gasteiger partial charge is 0.225 e. The molecule has 4 heteroatoms. The van der Waals surface area contributed by atoms with Gasteiger partial charge in [-0.15, -0.1) is 0 Å². The first-order valence-corrected chi connectivity index (χ1v) is 6.59. The Morgan fingerprint density at radius 2 is 2.11 bits per heavy atom. The minimum absolute atomic E-state index is 0.0583. The molecule has 2 N–H and O–H groups in total. The van der Waals surface area contributed by atoms with E-state index < -0.39 is 0 Å². The van der Waals surface area contributed by atoms with E-state index in [2.05, 4.69) is 27.7 Å². The van der Waals surface area contributed by atoms with E-state index in [0.717, 1.165) is 18.8 Å². The lowest BCUT2D eigenvalue weighted by atomic mass is 10.2. The third-order valence-corrected chi connectivity index (χ3v) is 3.20. The highest BCUT2D eigenvalue weighted by Gasteiger charge is 2.12. The Balaban J connectivity index is 1.96. The lowest BCUT2D eigenvalue weighted by Gasteiger charge is -2.18. The van der Waals surface area contributed by atoms with Gasteiger partial charge in [-0.1, -0.05) is 6.07 Å². The fourth-order valence-electron chi connectivity index (χ4n) is 2.22. The van der Waals surface area contributed by atoms with Crippen molar-refractivity contribution in [2.75, 3.05) is 36.9 Å². The second-order valence-corrected chi connectivity index (χ2v) is 4.65. The van der Waals surface area contributed by atoms with Gasteiger partial charge < -0.3 is 15.5 Å². The molecule has 1 amide bonds. The van der Waals surface area contributed by atoms with Crippen LogP contribution in [-0.4, -0.2) is 32.6 Å². The molecule has 98 valence electrons. The molecular weight excluding hydrogens is 226 g/mol. The average molecular weight is 247 g/mol. The minimum Gasteiger partial charge on any atom is -0.371 e. The van der Waals surface area contributed by atoms with Crippen molar-refractivity contribution in [1.29, 1.82) is 0 Å². The van der Waals surface area contributed by atoms with Gasteiger partial charge in [0, 0.05) is 37.4 Å². The van der Waals surface area contributed by atoms with Crippen LogP contribution in [0.25, 0.3) is 0 Å². The van der Waals surface area contributed by atoms with Crippen LogP contribution in [0.3, 0.4) is 0 Å². The zero-order valence-electron chi connectivity index (χ0n) is 10.9. The fraction of sp³-hybridized carbons (Fsp3) is 0.500. The van der Waals surface area contributed by atoms with Crippen LogP contribution in [0.4, 0.5) is 11.4 Å². The number of hydrogen-bond acceptors (Lipinski definition) is 3. The van der Waals surface area contributed by atoms with Gasteiger partial charge in [-0.05, 0) is 38.1 Å². The fourth-order valence-corrected chi connectivity index (χ4v) is 2.22. The number of anilines is 2. The molecule has 0 bridgehead atoms. The molecule has 0 aliphatic carbocycles. The summed E-state index contributed by atoms with van der Waals surface area (Å²) in [7, 11) is 1.85. The first-order chi connectivity index (χ1) is 8.79. The molecule has 1 saturated heterocycles. The lowest BCUT2D eigenvalue weighted by molar-refractivity contribution is -0.116. The molecular formula is C14H21N3O. The van der Waals surface area contributed by atoms with Crippen LogP contribution >= 0.6 is 0 Å². The van der Waals surface area contributed by atoms with E-state index in [1.54, 1.807) is 0 Å². The van der Waals surface area contributed by atoms with Gasteiger partial charge in [0.25, 0.3) is 0 Å². The Bertz CT molecular complexity index is 400. The van der Waals surface area contributed by atoms with Crippen molar-refractivity contribution in [3.63, 3.8) is 0 Å². The van der Waals surface area contributed by atoms with Crippen LogP contribution in [0, 0.1) is 0 Å². The first kappa shape index (κ1) is 12.9. The van der Waals surface area contributed by atoms with Gasteiger partial charge >= 0.3 is 0 Å². The van der Waals surface area contributed by atoms with E-state index in [9.17, 15) is 4.79 Å². The maximum absolute atomic E-state index is 11.6. The molecule has 0 saturated carbocycles. The topological polar surface area (TPSA) is 44.4 Å². The highest BCUT2D eigenvalue weighted by Crippen LogP contribution is 2.23. The summed E-state index contributed by atoms with van der Waals surface area (Å²) >= 11 is 0. The third-order valence-electron chi connectivity index (χ3n) is 3.20. The van der Waals surface area contributed by atoms with Crippen LogP contribution in [0.2, 0.25) is 0 Å². The number of carbonyl (C=O) groups is 1. The lowest BCUT2D eigenvalue weighted by Crippen LogP contribution is -2.20. The van der Waals surface area contributed by atoms with Crippen LogP contribution in [0.1, 0.15) is 19.3 Å². The molecule has 0 aromatic heterocycles. The number of nitrogens with one attached hydrogen (secondary N) is 2. The van der Waals surface area contributed by atoms with Crippen molar-refractivity contribution in [1.82, 2.24) is 5.32 Å². The summed E-state index contributed by atoms with van der Waals surface area (Å²) in [6, 6.07) is 8.11. The second-order valence-electron chi connectivity index (χ2n) is 4.65. The highest BCUT2D eigenvalue weighted by atomic mass is 16.1. The zero-order chi connectivity index (χ0) is 12.8. The third kappa shape index (κ3) is 3.47. The van der Waals surface area contributed by atoms with Crippen LogP contribution in [0.15, 0.2) is 24.3 Å². The molecule has 18 heavy (non-hydrogen) atoms. The Morgan fingerprint density at radius 1 is 1.33 bits per heavy atom. The molecule has 1 aromatic carbocycles. The number of rotatable bonds is 5. The average Bonchev–Trinajstić information content (AvgIpc) is 2.90. The Kier molecular flexibility index (Phi) is 4.59. The summed E-state index contributed by atoms with van der Waals surface area (Å²) in [6.07, 6.45) is 3.03. The van der Waals surface area contributed by atoms with Gasteiger partial charge in [-0.25, -0.2) is 0 Å². The molecule has 1 fully saturated rings. The van der Waals surface area contributed by atoms with Crippen molar-refractivity contribution >= 4 is 17.3 Å². The van der Waals surface area contributed by atoms with Gasteiger partial charge in [0.15, 0.2) is 0 Å². The number of amides is 1. The SMILES string of the molecule is CNCCC(=O)Nc1cccc(N2CCCC2)c1. The van der Waals surface area contributed by atoms with Crippen LogP contribution in [0.5, 0.6) is 0 Å². The molecule has 1 aliphatic heterocycles. The van der Waals surface area contributed by atoms with E-state index in [4.69, 9.17) is 0 Å². The van der Waals surface area contributed by atoms with Gasteiger partial charge in [-0.2, -0.15) is 0 Å². The maximum atomic E-state index is 11.6. The van der Waals surface area contributed by atoms with Gasteiger partial charge in [0.2, 0.25) is 5.91 Å². The molecule has 0 unspecified atom stereocenters. The van der Waals surface area contributed by atoms with E-state index >= 15 is 0 Å². The van der Waals surface area contributed by atoms with E-state index in [0.29, 0.717) is 13.0 Å². The minimum atomic E-state index is 0.0583. The standard InChI is InChI=1S/C14H21N3O/c1-15-8-7-14(18)16-12-5-4-6-13(11-12)17-9-2-3-10-17/h4-6,11,15H,2-3,7-10H2,1H3,(H,16,18). The van der Waals surface area contributed by atoms with Crippen molar-refractivity contribution in [3.05, 3.63) is 24.3 Å². The summed E-state index contributed by atoms with van der Waals surface area (Å²) in [5.41, 5.74) is 2.10. The quantitative estimate of drug-likeness (QED) is 0.834. The molecule has 0 spiro atoms. The summed E-state index contributed by atoms with van der Waals surface area (Å²) in [4.78, 5) is 14.0. The Labute approximate surface area is 108 Å². The van der Waals surface area contributed by atoms with Crippen molar-refractivity contribution in [3.8, 4) is 0 Å². The summed E-state index contributed by atoms with van der Waals surface area (Å²) in [5, 5.41) is 5.91. The van der Waals surface area contributed by atoms with Gasteiger partial charge in [-0.3, -0.25) is 4.79 Å². The van der Waals surface area contributed by atoms with Crippen LogP contribution < -0.4 is 15.5 Å². The predicted octanol–water partition coefficient (Wildman–Crippen LogP) is 1.83. The molecule has 2 rings (SSSR count). The van der Waals surface area contributed by atoms with Crippen molar-refractivity contribution < 1.29 is 4.79 Å². The molecule has 1 heterocycles. The Hall–Kier alpha value is -1.55. The number of hydrogen-bond donors (Lipinski definition) is 2. The molecule has 0 atom stereocenters. The number of carbonyl (C=O) groups excluding carboxylic acids is 1. The highest BCUT2D eigenvalue weighted by molar-refractivity contribution is 5.91. The van der Waals surface area contributed by atoms with E-state index in [1.807, 2.05) is 19.2 Å². The van der Waals surface area contributed by atoms with Crippen molar-refractivity contribution in [2.24, 2.45) is 0 Å². The molecule has 1 aromatic rings. The normalized spacial score (nSPS) is 14.8. The van der Waals surface area contributed by atoms with E-state index in [-0.39, 0.29) is 5.91 Å². The summed E-state index contributed by atoms with van der Waals surface area (Å²) in [6.45, 7) is 2.95. The van der Waals surface area contributed by atoms with E-state index in [1.165, 1.54) is 18.5 Å². The number of benzene rings is 1. The molecule has 4 nitrogen and oxygen atoms in total. The summed E-state index contributed by atoms with van der Waals surface area (Å²) in [5.74, 6) is 0.0583. The monoisotopic (exact) mass is 247 g/mol. The zero-order valence-corrected chi connectivity index (χ0v) is 10.9. The van der Waals surface area contributed by atoms with Gasteiger partial charge in [0.1, 0.15) is 0 Å². The van der Waals surface area contributed by atoms with Gasteiger partial charge in [0.05, 0.1) is 0 Å². The first-order valence-electron chi connectivity index (χ1n) is 6.59. The van der Waals surface area contributed by atoms with Crippen molar-refractivity contribution in [2.45, 2.75) is 19.3 Å². The number of nitrogens with zero attached hydrogens (tertiary/aromatic N) is 1. The molecule has 0 radical (unpaired) electrons. The molecule has 1 aliphatic rings. The second kappa shape index (κ2) is 6.40. The Morgan fingerprint density at radius 3 is 2.83 bits per heavy atom. The summed E-state index contributed by atoms with van der Waals surface area (Å²) < 4.78 is 0. The largest absolute Gasteiger partial charge is 0.371 e. The predicted molar refractivity (Wildman–Crippen MR) is 75.1 cm³/mol. The maximum Gasteiger partial charge on any atom is 0.225 e. The van der Waals surface area contributed by atoms with Crippen LogP contribution in [-0.2, 0) is 4.79 Å².